The number of hydrogen-bond donors (Lipinski definition) is 1. The molecule has 0 saturated heterocycles. The highest BCUT2D eigenvalue weighted by Gasteiger charge is 2.32. The zero-order valence-corrected chi connectivity index (χ0v) is 40.1. The molecular formula is C27H57O9P4S8+. The molecular weight excluding hydrogens is 849 g/mol. The van der Waals surface area contributed by atoms with Crippen LogP contribution >= 0.6 is 68.7 Å². The smallest absolute Gasteiger partial charge is 0.414 e. The van der Waals surface area contributed by atoms with Gasteiger partial charge in [-0.05, 0) is 87.8 Å². The van der Waals surface area contributed by atoms with Gasteiger partial charge < -0.3 is 32.2 Å². The van der Waals surface area contributed by atoms with Crippen molar-refractivity contribution in [3.8, 4) is 0 Å². The van der Waals surface area contributed by atoms with Gasteiger partial charge in [0, 0.05) is 17.3 Å². The van der Waals surface area contributed by atoms with E-state index >= 15 is 0 Å². The Hall–Kier alpha value is 3.06. The number of hydrogen-bond acceptors (Lipinski definition) is 16. The summed E-state index contributed by atoms with van der Waals surface area (Å²) in [7, 11) is 0. The second-order valence-electron chi connectivity index (χ2n) is 12.4. The summed E-state index contributed by atoms with van der Waals surface area (Å²) in [5.41, 5.74) is -8.33. The SMILES string of the molecule is CC(C)CO[P+](=S)SCC(C)OP(=S)(OC(C)CSP(=S)(OCC(C)C)OCC(C)C)SCC(C)OP(=S)(OC(C)C)SCCC(=O)O. The van der Waals surface area contributed by atoms with Crippen molar-refractivity contribution in [3.05, 3.63) is 0 Å². The summed E-state index contributed by atoms with van der Waals surface area (Å²) >= 11 is 29.1. The monoisotopic (exact) mass is 905 g/mol. The van der Waals surface area contributed by atoms with Crippen molar-refractivity contribution < 1.29 is 41.6 Å². The predicted octanol–water partition coefficient (Wildman–Crippen LogP) is 11.5. The third-order valence-electron chi connectivity index (χ3n) is 4.83. The molecule has 1 N–H and O–H groups in total. The Balaban J connectivity index is 5.76. The Morgan fingerprint density at radius 1 is 0.646 bits per heavy atom. The van der Waals surface area contributed by atoms with E-state index in [4.69, 9.17) is 84.0 Å². The maximum Gasteiger partial charge on any atom is 0.414 e. The fourth-order valence-electron chi connectivity index (χ4n) is 2.82. The maximum absolute atomic E-state index is 11.1. The van der Waals surface area contributed by atoms with Gasteiger partial charge in [-0.2, -0.15) is 4.52 Å². The minimum atomic E-state index is -2.92. The van der Waals surface area contributed by atoms with Crippen LogP contribution in [0.1, 0.15) is 82.6 Å². The molecule has 0 heterocycles. The van der Waals surface area contributed by atoms with Gasteiger partial charge in [0.25, 0.3) is 0 Å². The highest BCUT2D eigenvalue weighted by atomic mass is 32.9. The van der Waals surface area contributed by atoms with Crippen LogP contribution in [-0.4, -0.2) is 78.3 Å². The van der Waals surface area contributed by atoms with E-state index in [2.05, 4.69) is 41.5 Å². The fourth-order valence-corrected chi connectivity index (χ4v) is 21.8. The van der Waals surface area contributed by atoms with Crippen LogP contribution in [-0.2, 0) is 83.7 Å². The van der Waals surface area contributed by atoms with Crippen LogP contribution in [0, 0.1) is 17.8 Å². The molecule has 0 bridgehead atoms. The Labute approximate surface area is 328 Å². The molecule has 21 heteroatoms. The summed E-state index contributed by atoms with van der Waals surface area (Å²) < 4.78 is 43.4. The van der Waals surface area contributed by atoms with E-state index in [1.807, 2.05) is 34.6 Å². The molecule has 0 saturated carbocycles. The number of carboxylic acids is 1. The highest BCUT2D eigenvalue weighted by molar-refractivity contribution is 8.69. The average Bonchev–Trinajstić information content (AvgIpc) is 2.94. The van der Waals surface area contributed by atoms with Crippen LogP contribution in [0.25, 0.3) is 0 Å². The first-order valence-electron chi connectivity index (χ1n) is 15.8. The number of carboxylic acid groups (broad SMARTS) is 1. The Morgan fingerprint density at radius 2 is 1.06 bits per heavy atom. The lowest BCUT2D eigenvalue weighted by Crippen LogP contribution is -2.17. The van der Waals surface area contributed by atoms with Crippen LogP contribution in [0.2, 0.25) is 0 Å². The summed E-state index contributed by atoms with van der Waals surface area (Å²) in [4.78, 5) is 11.1. The molecule has 0 aromatic rings. The van der Waals surface area contributed by atoms with Crippen LogP contribution < -0.4 is 0 Å². The molecule has 0 rings (SSSR count). The lowest BCUT2D eigenvalue weighted by Gasteiger charge is -2.30. The fraction of sp³-hybridized carbons (Fsp3) is 0.963. The maximum atomic E-state index is 11.1. The van der Waals surface area contributed by atoms with Gasteiger partial charge in [0.05, 0.1) is 49.8 Å². The number of rotatable bonds is 30. The molecule has 0 aromatic heterocycles. The molecule has 0 aliphatic heterocycles. The third-order valence-corrected chi connectivity index (χ3v) is 25.2. The van der Waals surface area contributed by atoms with Gasteiger partial charge >= 0.3 is 12.1 Å². The van der Waals surface area contributed by atoms with Gasteiger partial charge in [-0.25, -0.2) is 0 Å². The summed E-state index contributed by atoms with van der Waals surface area (Å²) in [6.07, 6.45) is -2.16. The predicted molar refractivity (Wildman–Crippen MR) is 229 cm³/mol. The summed E-state index contributed by atoms with van der Waals surface area (Å²) in [5, 5.41) is 9.10. The van der Waals surface area contributed by atoms with Crippen molar-refractivity contribution in [2.45, 2.75) is 107 Å². The minimum absolute atomic E-state index is 0.0286. The number of carbonyl (C=O) groups is 1. The lowest BCUT2D eigenvalue weighted by atomic mass is 10.2. The molecule has 0 spiro atoms. The summed E-state index contributed by atoms with van der Waals surface area (Å²) in [5.74, 6) is 2.05. The van der Waals surface area contributed by atoms with E-state index in [1.165, 1.54) is 34.1 Å². The first-order valence-corrected chi connectivity index (χ1v) is 32.3. The molecule has 48 heavy (non-hydrogen) atoms. The van der Waals surface area contributed by atoms with Crippen molar-refractivity contribution in [1.29, 1.82) is 0 Å². The van der Waals surface area contributed by atoms with E-state index < -0.39 is 29.2 Å². The standard InChI is InChI=1S/C27H56O9P4S8/c1-20(2)14-30-37(41)45-17-24(9)34-40(44,36-25(10)18-47-38(42,31-15-21(3)4)32-16-22(5)6)48-19-26(11)35-39(43,33-23(7)8)46-13-12-27(28)29/h20-26H,12-19H2,1-11H3/p+1. The van der Waals surface area contributed by atoms with Crippen LogP contribution in [0.15, 0.2) is 0 Å². The van der Waals surface area contributed by atoms with Gasteiger partial charge in [0.2, 0.25) is 28.9 Å². The lowest BCUT2D eigenvalue weighted by molar-refractivity contribution is -0.136. The zero-order valence-electron chi connectivity index (χ0n) is 30.0. The highest BCUT2D eigenvalue weighted by Crippen LogP contribution is 2.67. The Bertz CT molecular complexity index is 1070. The molecule has 0 aromatic carbocycles. The molecule has 6 unspecified atom stereocenters. The minimum Gasteiger partial charge on any atom is -0.481 e. The van der Waals surface area contributed by atoms with Gasteiger partial charge in [-0.3, -0.25) is 4.79 Å². The van der Waals surface area contributed by atoms with Crippen molar-refractivity contribution in [3.63, 3.8) is 0 Å². The molecule has 286 valence electrons. The molecule has 6 atom stereocenters. The van der Waals surface area contributed by atoms with E-state index in [9.17, 15) is 4.79 Å². The van der Waals surface area contributed by atoms with Gasteiger partial charge in [0.15, 0.2) is 0 Å². The van der Waals surface area contributed by atoms with Crippen LogP contribution in [0.3, 0.4) is 0 Å². The zero-order chi connectivity index (χ0) is 37.1. The summed E-state index contributed by atoms with van der Waals surface area (Å²) in [6.45, 7) is 23.8. The largest absolute Gasteiger partial charge is 0.481 e. The molecule has 0 aliphatic rings. The first kappa shape index (κ1) is 51.1. The molecule has 0 radical (unpaired) electrons. The number of aliphatic carboxylic acids is 1. The first-order chi connectivity index (χ1) is 22.1. The normalized spacial score (nSPS) is 17.4. The van der Waals surface area contributed by atoms with E-state index in [0.29, 0.717) is 60.6 Å². The molecule has 0 aliphatic carbocycles. The molecule has 0 amide bonds. The van der Waals surface area contributed by atoms with E-state index in [-0.39, 0.29) is 30.8 Å². The molecule has 9 nitrogen and oxygen atoms in total. The topological polar surface area (TPSA) is 102 Å². The second-order valence-corrected chi connectivity index (χ2v) is 36.1. The van der Waals surface area contributed by atoms with Crippen LogP contribution in [0.5, 0.6) is 0 Å². The Kier molecular flexibility index (Phi) is 28.5. The van der Waals surface area contributed by atoms with Gasteiger partial charge in [-0.15, -0.1) is 0 Å². The summed E-state index contributed by atoms with van der Waals surface area (Å²) in [6, 6.07) is 0. The average molecular weight is 906 g/mol. The van der Waals surface area contributed by atoms with Gasteiger partial charge in [0.1, 0.15) is 18.0 Å². The Morgan fingerprint density at radius 3 is 1.48 bits per heavy atom. The van der Waals surface area contributed by atoms with E-state index in [0.717, 1.165) is 0 Å². The van der Waals surface area contributed by atoms with Crippen molar-refractivity contribution in [1.82, 2.24) is 0 Å². The second kappa shape index (κ2) is 26.8. The quantitative estimate of drug-likeness (QED) is 0.0691. The van der Waals surface area contributed by atoms with Crippen LogP contribution in [0.4, 0.5) is 0 Å². The van der Waals surface area contributed by atoms with Crippen molar-refractivity contribution >= 4 is 122 Å². The van der Waals surface area contributed by atoms with Crippen molar-refractivity contribution in [2.75, 3.05) is 42.8 Å². The third kappa shape index (κ3) is 27.6. The van der Waals surface area contributed by atoms with Crippen molar-refractivity contribution in [2.24, 2.45) is 17.8 Å². The van der Waals surface area contributed by atoms with Gasteiger partial charge in [-0.1, -0.05) is 75.7 Å². The molecule has 0 fully saturated rings. The van der Waals surface area contributed by atoms with E-state index in [1.54, 1.807) is 11.4 Å².